The third-order valence-corrected chi connectivity index (χ3v) is 5.44. The summed E-state index contributed by atoms with van der Waals surface area (Å²) >= 11 is 3.05. The molecule has 2 aromatic rings. The summed E-state index contributed by atoms with van der Waals surface area (Å²) < 4.78 is 0. The minimum absolute atomic E-state index is 0.0704. The molecule has 106 valence electrons. The van der Waals surface area contributed by atoms with Gasteiger partial charge >= 0.3 is 0 Å². The SMILES string of the molecule is CCCc1cc(C(=O)Nc2nnc(C3CC3)s2)sc1C. The maximum absolute atomic E-state index is 12.2. The second-order valence-electron chi connectivity index (χ2n) is 5.12. The van der Waals surface area contributed by atoms with Crippen molar-refractivity contribution < 1.29 is 4.79 Å². The number of nitrogens with one attached hydrogen (secondary N) is 1. The number of nitrogens with zero attached hydrogens (tertiary/aromatic N) is 2. The van der Waals surface area contributed by atoms with Gasteiger partial charge in [-0.2, -0.15) is 0 Å². The number of hydrogen-bond donors (Lipinski definition) is 1. The maximum Gasteiger partial charge on any atom is 0.267 e. The van der Waals surface area contributed by atoms with Gasteiger partial charge < -0.3 is 0 Å². The molecule has 6 heteroatoms. The van der Waals surface area contributed by atoms with Crippen molar-refractivity contribution in [3.05, 3.63) is 26.4 Å². The van der Waals surface area contributed by atoms with Crippen LogP contribution in [0.2, 0.25) is 0 Å². The Balaban J connectivity index is 1.69. The first-order valence-electron chi connectivity index (χ1n) is 6.91. The van der Waals surface area contributed by atoms with Crippen molar-refractivity contribution >= 4 is 33.7 Å². The van der Waals surface area contributed by atoms with Crippen LogP contribution >= 0.6 is 22.7 Å². The summed E-state index contributed by atoms with van der Waals surface area (Å²) in [5.74, 6) is 0.511. The molecular formula is C14H17N3OS2. The topological polar surface area (TPSA) is 54.9 Å². The van der Waals surface area contributed by atoms with Gasteiger partial charge in [0.05, 0.1) is 4.88 Å². The zero-order valence-electron chi connectivity index (χ0n) is 11.6. The van der Waals surface area contributed by atoms with Crippen molar-refractivity contribution in [3.8, 4) is 0 Å². The molecule has 1 aliphatic carbocycles. The lowest BCUT2D eigenvalue weighted by molar-refractivity contribution is 0.103. The van der Waals surface area contributed by atoms with E-state index in [9.17, 15) is 4.79 Å². The minimum Gasteiger partial charge on any atom is -0.296 e. The van der Waals surface area contributed by atoms with Gasteiger partial charge in [-0.25, -0.2) is 0 Å². The van der Waals surface area contributed by atoms with Crippen molar-refractivity contribution in [2.24, 2.45) is 0 Å². The molecule has 1 amide bonds. The predicted molar refractivity (Wildman–Crippen MR) is 82.9 cm³/mol. The van der Waals surface area contributed by atoms with Crippen LogP contribution < -0.4 is 5.32 Å². The first kappa shape index (κ1) is 13.7. The van der Waals surface area contributed by atoms with Gasteiger partial charge in [-0.3, -0.25) is 10.1 Å². The van der Waals surface area contributed by atoms with Crippen molar-refractivity contribution in [2.75, 3.05) is 5.32 Å². The summed E-state index contributed by atoms with van der Waals surface area (Å²) in [6, 6.07) is 2.00. The third kappa shape index (κ3) is 2.91. The highest BCUT2D eigenvalue weighted by atomic mass is 32.1. The fraction of sp³-hybridized carbons (Fsp3) is 0.500. The average molecular weight is 307 g/mol. The smallest absolute Gasteiger partial charge is 0.267 e. The van der Waals surface area contributed by atoms with Gasteiger partial charge in [0.1, 0.15) is 5.01 Å². The van der Waals surface area contributed by atoms with Crippen LogP contribution in [0, 0.1) is 6.92 Å². The summed E-state index contributed by atoms with van der Waals surface area (Å²) in [5.41, 5.74) is 1.28. The molecule has 0 atom stereocenters. The van der Waals surface area contributed by atoms with Gasteiger partial charge in [-0.05, 0) is 37.8 Å². The van der Waals surface area contributed by atoms with Crippen LogP contribution in [0.25, 0.3) is 0 Å². The maximum atomic E-state index is 12.2. The van der Waals surface area contributed by atoms with Crippen LogP contribution in [0.3, 0.4) is 0 Å². The van der Waals surface area contributed by atoms with E-state index in [4.69, 9.17) is 0 Å². The predicted octanol–water partition coefficient (Wildman–Crippen LogP) is 3.99. The zero-order chi connectivity index (χ0) is 14.1. The summed E-state index contributed by atoms with van der Waals surface area (Å²) in [4.78, 5) is 14.2. The van der Waals surface area contributed by atoms with E-state index in [1.807, 2.05) is 6.07 Å². The Hall–Kier alpha value is -1.27. The van der Waals surface area contributed by atoms with E-state index in [0.717, 1.165) is 22.7 Å². The molecule has 0 saturated heterocycles. The second-order valence-corrected chi connectivity index (χ2v) is 7.38. The fourth-order valence-electron chi connectivity index (χ4n) is 2.09. The number of carbonyl (C=O) groups excluding carboxylic acids is 1. The minimum atomic E-state index is -0.0704. The highest BCUT2D eigenvalue weighted by molar-refractivity contribution is 7.16. The number of hydrogen-bond acceptors (Lipinski definition) is 5. The fourth-order valence-corrected chi connectivity index (χ4v) is 3.96. The third-order valence-electron chi connectivity index (χ3n) is 3.35. The molecule has 0 radical (unpaired) electrons. The van der Waals surface area contributed by atoms with Crippen molar-refractivity contribution in [1.29, 1.82) is 0 Å². The molecule has 1 fully saturated rings. The molecule has 0 aliphatic heterocycles. The largest absolute Gasteiger partial charge is 0.296 e. The van der Waals surface area contributed by atoms with Gasteiger partial charge in [-0.1, -0.05) is 24.7 Å². The van der Waals surface area contributed by atoms with Crippen LogP contribution in [0.5, 0.6) is 0 Å². The molecule has 3 rings (SSSR count). The molecule has 0 unspecified atom stereocenters. The Morgan fingerprint density at radius 2 is 2.20 bits per heavy atom. The van der Waals surface area contributed by atoms with Crippen molar-refractivity contribution in [1.82, 2.24) is 10.2 Å². The second kappa shape index (κ2) is 5.61. The average Bonchev–Trinajstić information content (AvgIpc) is 3.07. The normalized spacial score (nSPS) is 14.5. The van der Waals surface area contributed by atoms with E-state index < -0.39 is 0 Å². The van der Waals surface area contributed by atoms with Crippen LogP contribution in [0.1, 0.15) is 57.2 Å². The zero-order valence-corrected chi connectivity index (χ0v) is 13.2. The first-order valence-corrected chi connectivity index (χ1v) is 8.54. The van der Waals surface area contributed by atoms with E-state index in [-0.39, 0.29) is 5.91 Å². The lowest BCUT2D eigenvalue weighted by Gasteiger charge is -1.96. The highest BCUT2D eigenvalue weighted by Crippen LogP contribution is 2.42. The van der Waals surface area contributed by atoms with E-state index in [1.54, 1.807) is 11.3 Å². The number of aryl methyl sites for hydroxylation is 2. The molecular weight excluding hydrogens is 290 g/mol. The Kier molecular flexibility index (Phi) is 3.85. The first-order chi connectivity index (χ1) is 9.67. The molecule has 0 bridgehead atoms. The number of rotatable bonds is 5. The molecule has 4 nitrogen and oxygen atoms in total. The molecule has 0 spiro atoms. The molecule has 1 saturated carbocycles. The van der Waals surface area contributed by atoms with Crippen LogP contribution in [0.15, 0.2) is 6.07 Å². The number of carbonyl (C=O) groups is 1. The summed E-state index contributed by atoms with van der Waals surface area (Å²) in [6.07, 6.45) is 4.53. The Morgan fingerprint density at radius 1 is 1.40 bits per heavy atom. The molecule has 0 aromatic carbocycles. The molecule has 2 heterocycles. The van der Waals surface area contributed by atoms with Gasteiger partial charge in [0.25, 0.3) is 5.91 Å². The van der Waals surface area contributed by atoms with E-state index in [1.165, 1.54) is 34.6 Å². The van der Waals surface area contributed by atoms with Gasteiger partial charge in [0, 0.05) is 10.8 Å². The Bertz CT molecular complexity index is 628. The number of thiophene rings is 1. The lowest BCUT2D eigenvalue weighted by Crippen LogP contribution is -2.09. The van der Waals surface area contributed by atoms with E-state index in [2.05, 4.69) is 29.4 Å². The van der Waals surface area contributed by atoms with E-state index in [0.29, 0.717) is 11.0 Å². The van der Waals surface area contributed by atoms with Crippen LogP contribution in [0.4, 0.5) is 5.13 Å². The van der Waals surface area contributed by atoms with Gasteiger partial charge in [0.15, 0.2) is 0 Å². The number of amides is 1. The monoisotopic (exact) mass is 307 g/mol. The van der Waals surface area contributed by atoms with Crippen molar-refractivity contribution in [3.63, 3.8) is 0 Å². The molecule has 2 aromatic heterocycles. The lowest BCUT2D eigenvalue weighted by atomic mass is 10.1. The van der Waals surface area contributed by atoms with E-state index >= 15 is 0 Å². The van der Waals surface area contributed by atoms with Gasteiger partial charge in [0.2, 0.25) is 5.13 Å². The quantitative estimate of drug-likeness (QED) is 0.908. The molecule has 20 heavy (non-hydrogen) atoms. The standard InChI is InChI=1S/C14H17N3OS2/c1-3-4-10-7-11(19-8(10)2)12(18)15-14-17-16-13(20-14)9-5-6-9/h7,9H,3-6H2,1-2H3,(H,15,17,18). The number of aromatic nitrogens is 2. The van der Waals surface area contributed by atoms with Gasteiger partial charge in [-0.15, -0.1) is 21.5 Å². The Morgan fingerprint density at radius 3 is 2.90 bits per heavy atom. The molecule has 1 N–H and O–H groups in total. The summed E-state index contributed by atoms with van der Waals surface area (Å²) in [5, 5.41) is 12.7. The summed E-state index contributed by atoms with van der Waals surface area (Å²) in [7, 11) is 0. The summed E-state index contributed by atoms with van der Waals surface area (Å²) in [6.45, 7) is 4.22. The van der Waals surface area contributed by atoms with Crippen LogP contribution in [-0.2, 0) is 6.42 Å². The number of anilines is 1. The molecule has 1 aliphatic rings. The van der Waals surface area contributed by atoms with Crippen LogP contribution in [-0.4, -0.2) is 16.1 Å². The highest BCUT2D eigenvalue weighted by Gasteiger charge is 2.27. The Labute approximate surface area is 126 Å². The van der Waals surface area contributed by atoms with Crippen molar-refractivity contribution in [2.45, 2.75) is 45.4 Å².